The van der Waals surface area contributed by atoms with E-state index < -0.39 is 0 Å². The molecule has 0 saturated heterocycles. The third-order valence-corrected chi connectivity index (χ3v) is 3.02. The molecule has 0 fully saturated rings. The molecule has 5 heteroatoms. The van der Waals surface area contributed by atoms with E-state index in [1.807, 2.05) is 38.1 Å². The number of anilines is 1. The van der Waals surface area contributed by atoms with Crippen molar-refractivity contribution in [1.29, 1.82) is 0 Å². The lowest BCUT2D eigenvalue weighted by atomic mass is 10.1. The summed E-state index contributed by atoms with van der Waals surface area (Å²) in [5.74, 6) is -0.0613. The van der Waals surface area contributed by atoms with E-state index in [1.54, 1.807) is 19.0 Å². The second kappa shape index (κ2) is 7.05. The fourth-order valence-corrected chi connectivity index (χ4v) is 2.02. The van der Waals surface area contributed by atoms with Crippen LogP contribution in [0.3, 0.4) is 0 Å². The van der Waals surface area contributed by atoms with Gasteiger partial charge in [0, 0.05) is 32.7 Å². The zero-order chi connectivity index (χ0) is 15.3. The van der Waals surface area contributed by atoms with Crippen molar-refractivity contribution >= 4 is 17.5 Å². The number of carbonyl (C=O) groups excluding carboxylic acids is 2. The van der Waals surface area contributed by atoms with E-state index in [4.69, 9.17) is 0 Å². The summed E-state index contributed by atoms with van der Waals surface area (Å²) in [6.07, 6.45) is 0. The Balaban J connectivity index is 2.74. The molecule has 0 spiro atoms. The van der Waals surface area contributed by atoms with Gasteiger partial charge in [0.25, 0.3) is 0 Å². The van der Waals surface area contributed by atoms with Gasteiger partial charge in [-0.25, -0.2) is 0 Å². The lowest BCUT2D eigenvalue weighted by Gasteiger charge is -2.22. The van der Waals surface area contributed by atoms with Crippen LogP contribution in [0.4, 0.5) is 5.69 Å². The molecule has 1 aromatic carbocycles. The van der Waals surface area contributed by atoms with Gasteiger partial charge < -0.3 is 10.2 Å². The molecule has 2 amide bonds. The van der Waals surface area contributed by atoms with Crippen molar-refractivity contribution in [3.8, 4) is 0 Å². The standard InChI is InChI=1S/C15H23N3O2/c1-10(16-11(2)15(20)18(4)5)13-7-6-8-14(9-13)17-12(3)19/h6-11,16H,1-5H3,(H,17,19). The predicted molar refractivity (Wildman–Crippen MR) is 80.5 cm³/mol. The third kappa shape index (κ3) is 4.66. The van der Waals surface area contributed by atoms with Gasteiger partial charge in [0.05, 0.1) is 6.04 Å². The molecule has 2 N–H and O–H groups in total. The highest BCUT2D eigenvalue weighted by Gasteiger charge is 2.17. The summed E-state index contributed by atoms with van der Waals surface area (Å²) in [7, 11) is 3.48. The summed E-state index contributed by atoms with van der Waals surface area (Å²) < 4.78 is 0. The van der Waals surface area contributed by atoms with Crippen molar-refractivity contribution in [2.75, 3.05) is 19.4 Å². The minimum absolute atomic E-state index is 0.0163. The van der Waals surface area contributed by atoms with Crippen LogP contribution in [-0.4, -0.2) is 36.9 Å². The summed E-state index contributed by atoms with van der Waals surface area (Å²) in [4.78, 5) is 24.5. The van der Waals surface area contributed by atoms with Crippen LogP contribution in [0.15, 0.2) is 24.3 Å². The number of benzene rings is 1. The Kier molecular flexibility index (Phi) is 5.70. The molecule has 0 bridgehead atoms. The quantitative estimate of drug-likeness (QED) is 0.862. The van der Waals surface area contributed by atoms with Crippen molar-refractivity contribution < 1.29 is 9.59 Å². The number of hydrogen-bond donors (Lipinski definition) is 2. The van der Waals surface area contributed by atoms with Crippen LogP contribution in [0.25, 0.3) is 0 Å². The van der Waals surface area contributed by atoms with E-state index in [-0.39, 0.29) is 23.9 Å². The fourth-order valence-electron chi connectivity index (χ4n) is 2.02. The second-order valence-corrected chi connectivity index (χ2v) is 5.15. The fraction of sp³-hybridized carbons (Fsp3) is 0.467. The molecule has 0 aliphatic rings. The maximum absolute atomic E-state index is 11.8. The average molecular weight is 277 g/mol. The number of nitrogens with one attached hydrogen (secondary N) is 2. The van der Waals surface area contributed by atoms with Crippen molar-refractivity contribution in [3.63, 3.8) is 0 Å². The van der Waals surface area contributed by atoms with E-state index in [9.17, 15) is 9.59 Å². The number of amides is 2. The smallest absolute Gasteiger partial charge is 0.238 e. The van der Waals surface area contributed by atoms with Crippen molar-refractivity contribution in [1.82, 2.24) is 10.2 Å². The van der Waals surface area contributed by atoms with E-state index in [0.29, 0.717) is 0 Å². The Morgan fingerprint density at radius 3 is 2.40 bits per heavy atom. The third-order valence-electron chi connectivity index (χ3n) is 3.02. The maximum Gasteiger partial charge on any atom is 0.238 e. The van der Waals surface area contributed by atoms with Crippen LogP contribution in [-0.2, 0) is 9.59 Å². The Morgan fingerprint density at radius 1 is 1.20 bits per heavy atom. The normalized spacial score (nSPS) is 13.4. The molecule has 2 unspecified atom stereocenters. The molecule has 0 heterocycles. The van der Waals surface area contributed by atoms with Crippen LogP contribution in [0, 0.1) is 0 Å². The first-order chi connectivity index (χ1) is 9.31. The number of nitrogens with zero attached hydrogens (tertiary/aromatic N) is 1. The van der Waals surface area contributed by atoms with Crippen LogP contribution in [0.1, 0.15) is 32.4 Å². The minimum atomic E-state index is -0.260. The molecular weight excluding hydrogens is 254 g/mol. The summed E-state index contributed by atoms with van der Waals surface area (Å²) in [6, 6.07) is 7.36. The van der Waals surface area contributed by atoms with Gasteiger partial charge in [0.1, 0.15) is 0 Å². The lowest BCUT2D eigenvalue weighted by Crippen LogP contribution is -2.42. The number of rotatable bonds is 5. The summed E-state index contributed by atoms with van der Waals surface area (Å²) in [5.41, 5.74) is 1.78. The lowest BCUT2D eigenvalue weighted by molar-refractivity contribution is -0.130. The summed E-state index contributed by atoms with van der Waals surface area (Å²) >= 11 is 0. The van der Waals surface area contributed by atoms with Gasteiger partial charge in [-0.15, -0.1) is 0 Å². The second-order valence-electron chi connectivity index (χ2n) is 5.15. The van der Waals surface area contributed by atoms with Crippen LogP contribution < -0.4 is 10.6 Å². The average Bonchev–Trinajstić information content (AvgIpc) is 2.37. The van der Waals surface area contributed by atoms with Crippen molar-refractivity contribution in [2.45, 2.75) is 32.9 Å². The first-order valence-corrected chi connectivity index (χ1v) is 6.66. The predicted octanol–water partition coefficient (Wildman–Crippen LogP) is 1.77. The van der Waals surface area contributed by atoms with E-state index in [0.717, 1.165) is 11.3 Å². The minimum Gasteiger partial charge on any atom is -0.347 e. The van der Waals surface area contributed by atoms with Gasteiger partial charge in [-0.2, -0.15) is 0 Å². The number of carbonyl (C=O) groups is 2. The first-order valence-electron chi connectivity index (χ1n) is 6.66. The van der Waals surface area contributed by atoms with Gasteiger partial charge in [0.2, 0.25) is 11.8 Å². The molecule has 1 rings (SSSR count). The number of hydrogen-bond acceptors (Lipinski definition) is 3. The van der Waals surface area contributed by atoms with E-state index in [1.165, 1.54) is 6.92 Å². The van der Waals surface area contributed by atoms with Crippen molar-refractivity contribution in [2.24, 2.45) is 0 Å². The Morgan fingerprint density at radius 2 is 1.85 bits per heavy atom. The zero-order valence-electron chi connectivity index (χ0n) is 12.7. The molecule has 5 nitrogen and oxygen atoms in total. The molecule has 0 aliphatic carbocycles. The maximum atomic E-state index is 11.8. The molecule has 0 radical (unpaired) electrons. The first kappa shape index (κ1) is 16.2. The molecule has 0 aliphatic heterocycles. The molecule has 0 aromatic heterocycles. The molecule has 110 valence electrons. The molecular formula is C15H23N3O2. The monoisotopic (exact) mass is 277 g/mol. The van der Waals surface area contributed by atoms with Gasteiger partial charge in [-0.1, -0.05) is 12.1 Å². The Bertz CT molecular complexity index is 486. The van der Waals surface area contributed by atoms with Crippen LogP contribution in [0.2, 0.25) is 0 Å². The Labute approximate surface area is 120 Å². The van der Waals surface area contributed by atoms with E-state index in [2.05, 4.69) is 10.6 Å². The highest BCUT2D eigenvalue weighted by atomic mass is 16.2. The van der Waals surface area contributed by atoms with Gasteiger partial charge in [-0.3, -0.25) is 14.9 Å². The zero-order valence-corrected chi connectivity index (χ0v) is 12.7. The highest BCUT2D eigenvalue weighted by molar-refractivity contribution is 5.88. The van der Waals surface area contributed by atoms with Gasteiger partial charge >= 0.3 is 0 Å². The molecule has 0 saturated carbocycles. The Hall–Kier alpha value is -1.88. The molecule has 1 aromatic rings. The van der Waals surface area contributed by atoms with Crippen LogP contribution >= 0.6 is 0 Å². The van der Waals surface area contributed by atoms with Crippen molar-refractivity contribution in [3.05, 3.63) is 29.8 Å². The SMILES string of the molecule is CC(=O)Nc1cccc(C(C)NC(C)C(=O)N(C)C)c1. The summed E-state index contributed by atoms with van der Waals surface area (Å²) in [6.45, 7) is 5.31. The molecule has 20 heavy (non-hydrogen) atoms. The topological polar surface area (TPSA) is 61.4 Å². The van der Waals surface area contributed by atoms with Gasteiger partial charge in [-0.05, 0) is 31.5 Å². The summed E-state index contributed by atoms with van der Waals surface area (Å²) in [5, 5.41) is 6.01. The van der Waals surface area contributed by atoms with Gasteiger partial charge in [0.15, 0.2) is 0 Å². The number of likely N-dealkylation sites (N-methyl/N-ethyl adjacent to an activating group) is 1. The largest absolute Gasteiger partial charge is 0.347 e. The van der Waals surface area contributed by atoms with Crippen LogP contribution in [0.5, 0.6) is 0 Å². The van der Waals surface area contributed by atoms with E-state index >= 15 is 0 Å². The molecule has 2 atom stereocenters. The highest BCUT2D eigenvalue weighted by Crippen LogP contribution is 2.18.